The predicted octanol–water partition coefficient (Wildman–Crippen LogP) is 4.30. The van der Waals surface area contributed by atoms with Gasteiger partial charge in [0.1, 0.15) is 17.3 Å². The Kier molecular flexibility index (Phi) is 6.19. The van der Waals surface area contributed by atoms with Gasteiger partial charge in [0.2, 0.25) is 0 Å². The van der Waals surface area contributed by atoms with Crippen LogP contribution in [0.4, 0.5) is 5.69 Å². The highest BCUT2D eigenvalue weighted by atomic mass is 35.5. The van der Waals surface area contributed by atoms with Crippen molar-refractivity contribution in [3.8, 4) is 5.75 Å². The summed E-state index contributed by atoms with van der Waals surface area (Å²) < 4.78 is 11.2. The number of aryl methyl sites for hydroxylation is 1. The number of furan rings is 1. The number of hydrogen-bond donors (Lipinski definition) is 1. The maximum atomic E-state index is 6.49. The molecule has 2 aromatic rings. The Bertz CT molecular complexity index is 663. The van der Waals surface area contributed by atoms with Crippen LogP contribution in [0.3, 0.4) is 0 Å². The van der Waals surface area contributed by atoms with Crippen molar-refractivity contribution >= 4 is 18.1 Å². The molecule has 1 atom stereocenters. The van der Waals surface area contributed by atoms with Gasteiger partial charge in [-0.05, 0) is 43.9 Å². The van der Waals surface area contributed by atoms with Gasteiger partial charge in [-0.15, -0.1) is 12.4 Å². The van der Waals surface area contributed by atoms with E-state index in [1.165, 1.54) is 12.8 Å². The van der Waals surface area contributed by atoms with Gasteiger partial charge in [0.15, 0.2) is 0 Å². The molecule has 2 N–H and O–H groups in total. The van der Waals surface area contributed by atoms with Gasteiger partial charge >= 0.3 is 0 Å². The van der Waals surface area contributed by atoms with Crippen LogP contribution >= 0.6 is 12.4 Å². The number of nitrogens with zero attached hydrogens (tertiary/aromatic N) is 1. The molecule has 0 bridgehead atoms. The molecule has 1 aromatic carbocycles. The number of rotatable bonds is 4. The third kappa shape index (κ3) is 3.87. The Balaban J connectivity index is 0.00000208. The zero-order valence-corrected chi connectivity index (χ0v) is 15.4. The number of benzene rings is 1. The molecule has 132 valence electrons. The van der Waals surface area contributed by atoms with E-state index in [1.807, 2.05) is 25.1 Å². The molecule has 1 unspecified atom stereocenters. The Morgan fingerprint density at radius 1 is 1.21 bits per heavy atom. The van der Waals surface area contributed by atoms with Crippen LogP contribution in [0.1, 0.15) is 42.9 Å². The molecule has 0 aliphatic carbocycles. The Hall–Kier alpha value is -1.65. The normalized spacial score (nSPS) is 16.6. The second-order valence-corrected chi connectivity index (χ2v) is 6.52. The lowest BCUT2D eigenvalue weighted by Gasteiger charge is -2.34. The van der Waals surface area contributed by atoms with Crippen molar-refractivity contribution in [1.29, 1.82) is 0 Å². The van der Waals surface area contributed by atoms with Crippen molar-refractivity contribution in [3.63, 3.8) is 0 Å². The summed E-state index contributed by atoms with van der Waals surface area (Å²) in [4.78, 5) is 2.42. The monoisotopic (exact) mass is 350 g/mol. The first kappa shape index (κ1) is 18.7. The molecule has 1 aliphatic rings. The molecule has 1 saturated heterocycles. The first-order valence-electron chi connectivity index (χ1n) is 8.33. The summed E-state index contributed by atoms with van der Waals surface area (Å²) >= 11 is 0. The van der Waals surface area contributed by atoms with Gasteiger partial charge in [0, 0.05) is 30.4 Å². The van der Waals surface area contributed by atoms with E-state index >= 15 is 0 Å². The molecular formula is C19H27ClN2O2. The molecule has 4 nitrogen and oxygen atoms in total. The number of nitrogens with two attached hydrogens (primary N) is 1. The molecule has 2 heterocycles. The van der Waals surface area contributed by atoms with Gasteiger partial charge in [0.25, 0.3) is 0 Å². The molecule has 5 heteroatoms. The third-order valence-corrected chi connectivity index (χ3v) is 4.76. The van der Waals surface area contributed by atoms with Crippen molar-refractivity contribution in [2.24, 2.45) is 11.7 Å². The smallest absolute Gasteiger partial charge is 0.125 e. The fraction of sp³-hybridized carbons (Fsp3) is 0.474. The SMILES string of the molecule is COc1ccc(C(N)c2ccc(C)o2)c(N2CCC(C)CC2)c1.Cl. The number of hydrogen-bond acceptors (Lipinski definition) is 4. The minimum Gasteiger partial charge on any atom is -0.497 e. The van der Waals surface area contributed by atoms with Crippen LogP contribution in [0, 0.1) is 12.8 Å². The highest BCUT2D eigenvalue weighted by Crippen LogP contribution is 2.35. The van der Waals surface area contributed by atoms with Crippen LogP contribution in [0.25, 0.3) is 0 Å². The molecule has 24 heavy (non-hydrogen) atoms. The quantitative estimate of drug-likeness (QED) is 0.893. The van der Waals surface area contributed by atoms with Gasteiger partial charge < -0.3 is 19.8 Å². The summed E-state index contributed by atoms with van der Waals surface area (Å²) in [7, 11) is 1.70. The number of ether oxygens (including phenoxy) is 1. The fourth-order valence-corrected chi connectivity index (χ4v) is 3.21. The van der Waals surface area contributed by atoms with E-state index < -0.39 is 0 Å². The Labute approximate surface area is 150 Å². The number of anilines is 1. The third-order valence-electron chi connectivity index (χ3n) is 4.76. The minimum atomic E-state index is -0.260. The predicted molar refractivity (Wildman–Crippen MR) is 100 cm³/mol. The summed E-state index contributed by atoms with van der Waals surface area (Å²) in [5, 5.41) is 0. The van der Waals surface area contributed by atoms with E-state index in [9.17, 15) is 0 Å². The molecule has 0 spiro atoms. The molecule has 0 saturated carbocycles. The van der Waals surface area contributed by atoms with Crippen LogP contribution in [0.2, 0.25) is 0 Å². The molecule has 0 radical (unpaired) electrons. The lowest BCUT2D eigenvalue weighted by molar-refractivity contribution is 0.412. The standard InChI is InChI=1S/C19H26N2O2.ClH/c1-13-8-10-21(11-9-13)17-12-15(22-3)5-6-16(17)19(20)18-7-4-14(2)23-18;/h4-7,12-13,19H,8-11,20H2,1-3H3;1H. The van der Waals surface area contributed by atoms with Crippen molar-refractivity contribution in [1.82, 2.24) is 0 Å². The Morgan fingerprint density at radius 3 is 2.50 bits per heavy atom. The molecular weight excluding hydrogens is 324 g/mol. The van der Waals surface area contributed by atoms with E-state index in [-0.39, 0.29) is 18.4 Å². The van der Waals surface area contributed by atoms with Gasteiger partial charge in [-0.1, -0.05) is 13.0 Å². The van der Waals surface area contributed by atoms with Crippen LogP contribution in [0.5, 0.6) is 5.75 Å². The highest BCUT2D eigenvalue weighted by Gasteiger charge is 2.23. The lowest BCUT2D eigenvalue weighted by Crippen LogP contribution is -2.34. The zero-order chi connectivity index (χ0) is 16.4. The van der Waals surface area contributed by atoms with Crippen molar-refractivity contribution in [3.05, 3.63) is 47.4 Å². The Morgan fingerprint density at radius 2 is 1.92 bits per heavy atom. The zero-order valence-electron chi connectivity index (χ0n) is 14.6. The van der Waals surface area contributed by atoms with Gasteiger partial charge in [-0.25, -0.2) is 0 Å². The van der Waals surface area contributed by atoms with E-state index in [2.05, 4.69) is 24.0 Å². The highest BCUT2D eigenvalue weighted by molar-refractivity contribution is 5.85. The maximum absolute atomic E-state index is 6.49. The van der Waals surface area contributed by atoms with Crippen molar-refractivity contribution in [2.75, 3.05) is 25.1 Å². The summed E-state index contributed by atoms with van der Waals surface area (Å²) in [5.74, 6) is 3.35. The molecule has 1 aromatic heterocycles. The summed E-state index contributed by atoms with van der Waals surface area (Å²) in [6.45, 7) is 6.38. The average molecular weight is 351 g/mol. The number of piperidine rings is 1. The van der Waals surface area contributed by atoms with Crippen molar-refractivity contribution < 1.29 is 9.15 Å². The van der Waals surface area contributed by atoms with Crippen molar-refractivity contribution in [2.45, 2.75) is 32.7 Å². The van der Waals surface area contributed by atoms with Crippen LogP contribution < -0.4 is 15.4 Å². The minimum absolute atomic E-state index is 0. The summed E-state index contributed by atoms with van der Waals surface area (Å²) in [5.41, 5.74) is 8.75. The first-order chi connectivity index (χ1) is 11.1. The van der Waals surface area contributed by atoms with E-state index in [0.29, 0.717) is 0 Å². The maximum Gasteiger partial charge on any atom is 0.125 e. The number of methoxy groups -OCH3 is 1. The first-order valence-corrected chi connectivity index (χ1v) is 8.33. The second kappa shape index (κ2) is 7.95. The van der Waals surface area contributed by atoms with E-state index in [1.54, 1.807) is 7.11 Å². The van der Waals surface area contributed by atoms with Crippen LogP contribution in [-0.4, -0.2) is 20.2 Å². The lowest BCUT2D eigenvalue weighted by atomic mass is 9.96. The topological polar surface area (TPSA) is 51.6 Å². The molecule has 0 amide bonds. The largest absolute Gasteiger partial charge is 0.497 e. The van der Waals surface area contributed by atoms with Gasteiger partial charge in [-0.3, -0.25) is 0 Å². The van der Waals surface area contributed by atoms with Gasteiger partial charge in [0.05, 0.1) is 13.2 Å². The summed E-state index contributed by atoms with van der Waals surface area (Å²) in [6.07, 6.45) is 2.43. The van der Waals surface area contributed by atoms with Crippen LogP contribution in [0.15, 0.2) is 34.7 Å². The fourth-order valence-electron chi connectivity index (χ4n) is 3.21. The van der Waals surface area contributed by atoms with Gasteiger partial charge in [-0.2, -0.15) is 0 Å². The summed E-state index contributed by atoms with van der Waals surface area (Å²) in [6, 6.07) is 9.80. The molecule has 1 fully saturated rings. The van der Waals surface area contributed by atoms with E-state index in [4.69, 9.17) is 14.9 Å². The van der Waals surface area contributed by atoms with Crippen LogP contribution in [-0.2, 0) is 0 Å². The molecule has 3 rings (SSSR count). The average Bonchev–Trinajstić information content (AvgIpc) is 3.01. The second-order valence-electron chi connectivity index (χ2n) is 6.52. The van der Waals surface area contributed by atoms with E-state index in [0.717, 1.165) is 47.5 Å². The number of halogens is 1. The molecule has 1 aliphatic heterocycles.